The van der Waals surface area contributed by atoms with Gasteiger partial charge in [-0.3, -0.25) is 9.78 Å². The number of hydrogen-bond acceptors (Lipinski definition) is 3. The topological polar surface area (TPSA) is 76.2 Å². The second-order valence-corrected chi connectivity index (χ2v) is 3.68. The Hall–Kier alpha value is -1.42. The third kappa shape index (κ3) is 2.29. The highest BCUT2D eigenvalue weighted by atomic mass is 16.4. The van der Waals surface area contributed by atoms with Gasteiger partial charge in [-0.05, 0) is 31.0 Å². The molecule has 0 fully saturated rings. The number of rotatable bonds is 3. The molecular formula is C10H14N2O2. The fourth-order valence-electron chi connectivity index (χ4n) is 1.52. The van der Waals surface area contributed by atoms with Crippen molar-refractivity contribution in [2.24, 2.45) is 5.73 Å². The number of carboxylic acid groups (broad SMARTS) is 1. The standard InChI is InChI=1S/C10H14N2O2/c1-7-6-12-4-3-8(7)10(2,11)5-9(13)14/h3-4,6H,5,11H2,1-2H3,(H,13,14)/t10-/m1/s1. The van der Waals surface area contributed by atoms with Crippen molar-refractivity contribution in [3.63, 3.8) is 0 Å². The Morgan fingerprint density at radius 3 is 2.86 bits per heavy atom. The maximum Gasteiger partial charge on any atom is 0.305 e. The Balaban J connectivity index is 3.03. The van der Waals surface area contributed by atoms with E-state index in [0.717, 1.165) is 11.1 Å². The molecule has 0 saturated carbocycles. The Labute approximate surface area is 82.8 Å². The van der Waals surface area contributed by atoms with Crippen LogP contribution in [-0.2, 0) is 10.3 Å². The summed E-state index contributed by atoms with van der Waals surface area (Å²) in [6.07, 6.45) is 3.22. The molecule has 0 amide bonds. The van der Waals surface area contributed by atoms with Crippen LogP contribution < -0.4 is 5.73 Å². The maximum atomic E-state index is 10.6. The smallest absolute Gasteiger partial charge is 0.305 e. The lowest BCUT2D eigenvalue weighted by Crippen LogP contribution is -2.36. The fourth-order valence-corrected chi connectivity index (χ4v) is 1.52. The SMILES string of the molecule is Cc1cnccc1[C@](C)(N)CC(=O)O. The van der Waals surface area contributed by atoms with E-state index in [1.807, 2.05) is 6.92 Å². The summed E-state index contributed by atoms with van der Waals surface area (Å²) in [5.74, 6) is -0.897. The quantitative estimate of drug-likeness (QED) is 0.753. The molecule has 0 unspecified atom stereocenters. The Morgan fingerprint density at radius 1 is 1.71 bits per heavy atom. The zero-order chi connectivity index (χ0) is 10.8. The molecule has 0 aliphatic heterocycles. The molecule has 4 heteroatoms. The Morgan fingerprint density at radius 2 is 2.36 bits per heavy atom. The van der Waals surface area contributed by atoms with E-state index < -0.39 is 11.5 Å². The number of nitrogens with zero attached hydrogens (tertiary/aromatic N) is 1. The van der Waals surface area contributed by atoms with Crippen LogP contribution in [0.3, 0.4) is 0 Å². The molecule has 76 valence electrons. The average molecular weight is 194 g/mol. The van der Waals surface area contributed by atoms with Gasteiger partial charge in [-0.15, -0.1) is 0 Å². The summed E-state index contributed by atoms with van der Waals surface area (Å²) in [6.45, 7) is 3.58. The van der Waals surface area contributed by atoms with Crippen LogP contribution in [0, 0.1) is 6.92 Å². The van der Waals surface area contributed by atoms with Crippen LogP contribution in [-0.4, -0.2) is 16.1 Å². The normalized spacial score (nSPS) is 14.8. The molecule has 14 heavy (non-hydrogen) atoms. The van der Waals surface area contributed by atoms with Gasteiger partial charge in [0.2, 0.25) is 0 Å². The Bertz CT molecular complexity index is 348. The minimum Gasteiger partial charge on any atom is -0.481 e. The predicted molar refractivity (Wildman–Crippen MR) is 52.8 cm³/mol. The highest BCUT2D eigenvalue weighted by molar-refractivity contribution is 5.68. The van der Waals surface area contributed by atoms with Crippen molar-refractivity contribution in [2.45, 2.75) is 25.8 Å². The molecule has 4 nitrogen and oxygen atoms in total. The summed E-state index contributed by atoms with van der Waals surface area (Å²) in [5.41, 5.74) is 6.84. The van der Waals surface area contributed by atoms with Gasteiger partial charge in [-0.2, -0.15) is 0 Å². The van der Waals surface area contributed by atoms with Crippen LogP contribution in [0.15, 0.2) is 18.5 Å². The van der Waals surface area contributed by atoms with Crippen molar-refractivity contribution >= 4 is 5.97 Å². The molecular weight excluding hydrogens is 180 g/mol. The third-order valence-electron chi connectivity index (χ3n) is 2.15. The summed E-state index contributed by atoms with van der Waals surface area (Å²) >= 11 is 0. The number of aliphatic carboxylic acids is 1. The lowest BCUT2D eigenvalue weighted by molar-refractivity contribution is -0.138. The van der Waals surface area contributed by atoms with Gasteiger partial charge in [0.15, 0.2) is 0 Å². The van der Waals surface area contributed by atoms with Gasteiger partial charge in [0.25, 0.3) is 0 Å². The summed E-state index contributed by atoms with van der Waals surface area (Å²) < 4.78 is 0. The first-order chi connectivity index (χ1) is 6.43. The van der Waals surface area contributed by atoms with E-state index in [9.17, 15) is 4.79 Å². The number of aryl methyl sites for hydroxylation is 1. The average Bonchev–Trinajstić information content (AvgIpc) is 2.02. The van der Waals surface area contributed by atoms with E-state index in [4.69, 9.17) is 10.8 Å². The minimum atomic E-state index is -0.897. The first-order valence-electron chi connectivity index (χ1n) is 4.35. The number of pyridine rings is 1. The van der Waals surface area contributed by atoms with E-state index in [-0.39, 0.29) is 6.42 Å². The lowest BCUT2D eigenvalue weighted by Gasteiger charge is -2.24. The van der Waals surface area contributed by atoms with Crippen LogP contribution in [0.2, 0.25) is 0 Å². The zero-order valence-electron chi connectivity index (χ0n) is 8.32. The fraction of sp³-hybridized carbons (Fsp3) is 0.400. The second-order valence-electron chi connectivity index (χ2n) is 3.68. The molecule has 0 bridgehead atoms. The highest BCUT2D eigenvalue weighted by Gasteiger charge is 2.25. The summed E-state index contributed by atoms with van der Waals surface area (Å²) in [6, 6.07) is 1.76. The zero-order valence-corrected chi connectivity index (χ0v) is 8.32. The van der Waals surface area contributed by atoms with Gasteiger partial charge in [-0.25, -0.2) is 0 Å². The van der Waals surface area contributed by atoms with Crippen LogP contribution >= 0.6 is 0 Å². The molecule has 1 heterocycles. The molecule has 0 spiro atoms. The van der Waals surface area contributed by atoms with E-state index >= 15 is 0 Å². The number of carbonyl (C=O) groups is 1. The van der Waals surface area contributed by atoms with Crippen LogP contribution in [0.4, 0.5) is 0 Å². The molecule has 1 rings (SSSR count). The van der Waals surface area contributed by atoms with E-state index in [2.05, 4.69) is 4.98 Å². The van der Waals surface area contributed by atoms with Crippen LogP contribution in [0.5, 0.6) is 0 Å². The molecule has 1 aromatic rings. The van der Waals surface area contributed by atoms with Gasteiger partial charge in [0.05, 0.1) is 6.42 Å². The largest absolute Gasteiger partial charge is 0.481 e. The molecule has 0 aromatic carbocycles. The number of nitrogens with two attached hydrogens (primary N) is 1. The molecule has 0 aliphatic rings. The van der Waals surface area contributed by atoms with Crippen molar-refractivity contribution in [1.29, 1.82) is 0 Å². The summed E-state index contributed by atoms with van der Waals surface area (Å²) in [7, 11) is 0. The van der Waals surface area contributed by atoms with Gasteiger partial charge in [-0.1, -0.05) is 0 Å². The molecule has 0 radical (unpaired) electrons. The third-order valence-corrected chi connectivity index (χ3v) is 2.15. The summed E-state index contributed by atoms with van der Waals surface area (Å²) in [5, 5.41) is 8.71. The molecule has 1 aromatic heterocycles. The number of hydrogen-bond donors (Lipinski definition) is 2. The number of aromatic nitrogens is 1. The van der Waals surface area contributed by atoms with E-state index in [1.165, 1.54) is 0 Å². The van der Waals surface area contributed by atoms with Crippen molar-refractivity contribution in [1.82, 2.24) is 4.98 Å². The monoisotopic (exact) mass is 194 g/mol. The maximum absolute atomic E-state index is 10.6. The molecule has 3 N–H and O–H groups in total. The van der Waals surface area contributed by atoms with Crippen LogP contribution in [0.25, 0.3) is 0 Å². The first kappa shape index (κ1) is 10.7. The van der Waals surface area contributed by atoms with E-state index in [1.54, 1.807) is 25.4 Å². The first-order valence-corrected chi connectivity index (χ1v) is 4.35. The van der Waals surface area contributed by atoms with Crippen LogP contribution in [0.1, 0.15) is 24.5 Å². The van der Waals surface area contributed by atoms with Crippen molar-refractivity contribution in [3.8, 4) is 0 Å². The molecule has 0 aliphatic carbocycles. The van der Waals surface area contributed by atoms with Gasteiger partial charge >= 0.3 is 5.97 Å². The highest BCUT2D eigenvalue weighted by Crippen LogP contribution is 2.23. The van der Waals surface area contributed by atoms with Crippen molar-refractivity contribution in [2.75, 3.05) is 0 Å². The minimum absolute atomic E-state index is 0.0855. The van der Waals surface area contributed by atoms with Crippen molar-refractivity contribution < 1.29 is 9.90 Å². The number of carboxylic acids is 1. The van der Waals surface area contributed by atoms with Crippen molar-refractivity contribution in [3.05, 3.63) is 29.6 Å². The molecule has 0 saturated heterocycles. The Kier molecular flexibility index (Phi) is 2.86. The lowest BCUT2D eigenvalue weighted by atomic mass is 9.88. The van der Waals surface area contributed by atoms with Gasteiger partial charge < -0.3 is 10.8 Å². The molecule has 1 atom stereocenters. The predicted octanol–water partition coefficient (Wildman–Crippen LogP) is 1.04. The van der Waals surface area contributed by atoms with Gasteiger partial charge in [0, 0.05) is 17.9 Å². The van der Waals surface area contributed by atoms with Gasteiger partial charge in [0.1, 0.15) is 0 Å². The summed E-state index contributed by atoms with van der Waals surface area (Å²) in [4.78, 5) is 14.5. The second kappa shape index (κ2) is 3.75. The van der Waals surface area contributed by atoms with E-state index in [0.29, 0.717) is 0 Å².